The monoisotopic (exact) mass is 464 g/mol. The highest BCUT2D eigenvalue weighted by Gasteiger charge is 2.37. The topological polar surface area (TPSA) is 58.6 Å². The quantitative estimate of drug-likeness (QED) is 0.643. The van der Waals surface area contributed by atoms with Gasteiger partial charge in [0.2, 0.25) is 0 Å². The van der Waals surface area contributed by atoms with E-state index in [2.05, 4.69) is 46.1 Å². The third kappa shape index (κ3) is 6.35. The number of rotatable bonds is 4. The summed E-state index contributed by atoms with van der Waals surface area (Å²) in [6.07, 6.45) is 12.5. The molecule has 1 saturated heterocycles. The molecule has 2 aliphatic heterocycles. The van der Waals surface area contributed by atoms with E-state index in [1.807, 2.05) is 11.8 Å². The maximum absolute atomic E-state index is 13.0. The first-order valence-electron chi connectivity index (χ1n) is 13.1. The van der Waals surface area contributed by atoms with E-state index in [4.69, 9.17) is 4.74 Å². The number of amides is 1. The summed E-state index contributed by atoms with van der Waals surface area (Å²) in [5, 5.41) is 0. The van der Waals surface area contributed by atoms with Crippen LogP contribution in [0.4, 0.5) is 0 Å². The van der Waals surface area contributed by atoms with Gasteiger partial charge >= 0.3 is 0 Å². The van der Waals surface area contributed by atoms with E-state index in [0.717, 1.165) is 70.0 Å². The molecule has 6 heteroatoms. The molecule has 0 radical (unpaired) electrons. The van der Waals surface area contributed by atoms with Crippen LogP contribution >= 0.6 is 0 Å². The first-order valence-corrected chi connectivity index (χ1v) is 13.1. The third-order valence-electron chi connectivity index (χ3n) is 7.54. The van der Waals surface area contributed by atoms with Gasteiger partial charge in [-0.25, -0.2) is 4.98 Å². The standard InChI is InChI=1S/C28H40N4O2/c1-3-4-15-31-18-19-34-26-11-6-5-9-24(26)10-7-8-12-28(22-31)13-16-32(17-14-28)27(33)25-21-29-23(2)20-30-25/h5-6,9,11,20-21H,3-4,7-8,10,12-19,22H2,1-2H3. The summed E-state index contributed by atoms with van der Waals surface area (Å²) >= 11 is 0. The Morgan fingerprint density at radius 3 is 2.65 bits per heavy atom. The number of aryl methyl sites for hydroxylation is 2. The predicted octanol–water partition coefficient (Wildman–Crippen LogP) is 4.91. The van der Waals surface area contributed by atoms with Gasteiger partial charge in [-0.1, -0.05) is 38.0 Å². The Kier molecular flexibility index (Phi) is 8.54. The van der Waals surface area contributed by atoms with Gasteiger partial charge in [-0.05, 0) is 69.0 Å². The molecule has 4 rings (SSSR count). The molecule has 0 atom stereocenters. The third-order valence-corrected chi connectivity index (χ3v) is 7.54. The van der Waals surface area contributed by atoms with Crippen molar-refractivity contribution in [2.45, 2.75) is 65.2 Å². The Balaban J connectivity index is 1.45. The molecule has 2 aliphatic rings. The second-order valence-electron chi connectivity index (χ2n) is 10.1. The number of benzene rings is 1. The maximum Gasteiger partial charge on any atom is 0.274 e. The van der Waals surface area contributed by atoms with Crippen LogP contribution in [0.25, 0.3) is 0 Å². The Morgan fingerprint density at radius 2 is 1.88 bits per heavy atom. The summed E-state index contributed by atoms with van der Waals surface area (Å²) in [5.41, 5.74) is 2.89. The molecule has 0 unspecified atom stereocenters. The first kappa shape index (κ1) is 24.6. The van der Waals surface area contributed by atoms with E-state index in [0.29, 0.717) is 5.69 Å². The lowest BCUT2D eigenvalue weighted by atomic mass is 9.73. The molecule has 1 aromatic heterocycles. The van der Waals surface area contributed by atoms with E-state index in [9.17, 15) is 4.79 Å². The minimum absolute atomic E-state index is 0.0170. The van der Waals surface area contributed by atoms with E-state index >= 15 is 0 Å². The molecule has 0 bridgehead atoms. The molecule has 1 aromatic carbocycles. The zero-order valence-electron chi connectivity index (χ0n) is 21.0. The minimum atomic E-state index is 0.0170. The van der Waals surface area contributed by atoms with E-state index in [1.165, 1.54) is 37.7 Å². The van der Waals surface area contributed by atoms with Crippen molar-refractivity contribution < 1.29 is 9.53 Å². The number of likely N-dealkylation sites (tertiary alicyclic amines) is 1. The Bertz CT molecular complexity index is 922. The second kappa shape index (κ2) is 11.8. The number of hydrogen-bond donors (Lipinski definition) is 0. The summed E-state index contributed by atoms with van der Waals surface area (Å²) in [6, 6.07) is 8.52. The summed E-state index contributed by atoms with van der Waals surface area (Å²) < 4.78 is 6.24. The second-order valence-corrected chi connectivity index (χ2v) is 10.1. The van der Waals surface area contributed by atoms with Crippen LogP contribution in [-0.2, 0) is 6.42 Å². The molecule has 0 N–H and O–H groups in total. The number of hydrogen-bond acceptors (Lipinski definition) is 5. The Hall–Kier alpha value is -2.47. The maximum atomic E-state index is 13.0. The molecule has 6 nitrogen and oxygen atoms in total. The fourth-order valence-corrected chi connectivity index (χ4v) is 5.41. The van der Waals surface area contributed by atoms with Gasteiger partial charge in [0.1, 0.15) is 18.1 Å². The normalized spacial score (nSPS) is 19.5. The number of fused-ring (bicyclic) bond motifs is 1. The number of ether oxygens (including phenoxy) is 1. The van der Waals surface area contributed by atoms with Crippen molar-refractivity contribution in [2.24, 2.45) is 5.41 Å². The lowest BCUT2D eigenvalue weighted by Crippen LogP contribution is -2.49. The zero-order chi connectivity index (χ0) is 23.8. The molecule has 1 spiro atoms. The lowest BCUT2D eigenvalue weighted by Gasteiger charge is -2.45. The lowest BCUT2D eigenvalue weighted by molar-refractivity contribution is 0.0371. The SMILES string of the molecule is CCCCN1CCOc2ccccc2CCCCC2(CCN(C(=O)c3cnc(C)cn3)CC2)C1. The van der Waals surface area contributed by atoms with Crippen molar-refractivity contribution in [3.05, 3.63) is 53.6 Å². The van der Waals surface area contributed by atoms with Gasteiger partial charge in [0, 0.05) is 32.4 Å². The zero-order valence-corrected chi connectivity index (χ0v) is 21.0. The van der Waals surface area contributed by atoms with E-state index < -0.39 is 0 Å². The molecule has 1 amide bonds. The first-order chi connectivity index (χ1) is 16.6. The fraction of sp³-hybridized carbons (Fsp3) is 0.607. The van der Waals surface area contributed by atoms with Crippen molar-refractivity contribution in [2.75, 3.05) is 39.3 Å². The number of piperidine rings is 1. The molecule has 3 heterocycles. The van der Waals surface area contributed by atoms with Gasteiger partial charge in [-0.15, -0.1) is 0 Å². The summed E-state index contributed by atoms with van der Waals surface area (Å²) in [6.45, 7) is 9.66. The van der Waals surface area contributed by atoms with Crippen LogP contribution in [0, 0.1) is 12.3 Å². The number of carbonyl (C=O) groups is 1. The molecule has 0 aliphatic carbocycles. The van der Waals surface area contributed by atoms with Crippen molar-refractivity contribution in [1.82, 2.24) is 19.8 Å². The average molecular weight is 465 g/mol. The average Bonchev–Trinajstić information content (AvgIpc) is 2.86. The molecule has 2 aromatic rings. The fourth-order valence-electron chi connectivity index (χ4n) is 5.41. The molecule has 1 fully saturated rings. The van der Waals surface area contributed by atoms with Gasteiger partial charge < -0.3 is 9.64 Å². The molecule has 184 valence electrons. The summed E-state index contributed by atoms with van der Waals surface area (Å²) in [5.74, 6) is 1.07. The van der Waals surface area contributed by atoms with Crippen LogP contribution in [-0.4, -0.2) is 65.0 Å². The smallest absolute Gasteiger partial charge is 0.274 e. The highest BCUT2D eigenvalue weighted by atomic mass is 16.5. The van der Waals surface area contributed by atoms with Gasteiger partial charge in [-0.3, -0.25) is 14.7 Å². The Labute approximate surface area is 204 Å². The van der Waals surface area contributed by atoms with Gasteiger partial charge in [0.05, 0.1) is 11.9 Å². The van der Waals surface area contributed by atoms with Gasteiger partial charge in [0.15, 0.2) is 0 Å². The molecule has 0 saturated carbocycles. The molecular weight excluding hydrogens is 424 g/mol. The molecular formula is C28H40N4O2. The van der Waals surface area contributed by atoms with Gasteiger partial charge in [-0.2, -0.15) is 0 Å². The van der Waals surface area contributed by atoms with Crippen LogP contribution in [0.1, 0.15) is 73.6 Å². The van der Waals surface area contributed by atoms with E-state index in [1.54, 1.807) is 12.4 Å². The number of para-hydroxylation sites is 1. The highest BCUT2D eigenvalue weighted by Crippen LogP contribution is 2.38. The predicted molar refractivity (Wildman–Crippen MR) is 135 cm³/mol. The highest BCUT2D eigenvalue weighted by molar-refractivity contribution is 5.92. The van der Waals surface area contributed by atoms with Gasteiger partial charge in [0.25, 0.3) is 5.91 Å². The minimum Gasteiger partial charge on any atom is -0.492 e. The summed E-state index contributed by atoms with van der Waals surface area (Å²) in [7, 11) is 0. The van der Waals surface area contributed by atoms with Crippen LogP contribution in [0.15, 0.2) is 36.7 Å². The van der Waals surface area contributed by atoms with Crippen molar-refractivity contribution in [3.63, 3.8) is 0 Å². The van der Waals surface area contributed by atoms with E-state index in [-0.39, 0.29) is 11.3 Å². The van der Waals surface area contributed by atoms with Crippen LogP contribution in [0.5, 0.6) is 5.75 Å². The van der Waals surface area contributed by atoms with Crippen LogP contribution in [0.3, 0.4) is 0 Å². The number of aromatic nitrogens is 2. The van der Waals surface area contributed by atoms with Crippen molar-refractivity contribution in [3.8, 4) is 5.75 Å². The van der Waals surface area contributed by atoms with Crippen LogP contribution < -0.4 is 4.74 Å². The van der Waals surface area contributed by atoms with Crippen LogP contribution in [0.2, 0.25) is 0 Å². The number of unbranched alkanes of at least 4 members (excludes halogenated alkanes) is 1. The molecule has 34 heavy (non-hydrogen) atoms. The number of nitrogens with zero attached hydrogens (tertiary/aromatic N) is 4. The van der Waals surface area contributed by atoms with Crippen molar-refractivity contribution >= 4 is 5.91 Å². The summed E-state index contributed by atoms with van der Waals surface area (Å²) in [4.78, 5) is 26.2. The largest absolute Gasteiger partial charge is 0.492 e. The Morgan fingerprint density at radius 1 is 1.06 bits per heavy atom. The number of carbonyl (C=O) groups excluding carboxylic acids is 1. The van der Waals surface area contributed by atoms with Crippen molar-refractivity contribution in [1.29, 1.82) is 0 Å².